The molecule has 0 radical (unpaired) electrons. The van der Waals surface area contributed by atoms with Crippen molar-refractivity contribution in [2.24, 2.45) is 0 Å². The van der Waals surface area contributed by atoms with Crippen molar-refractivity contribution in [2.45, 2.75) is 26.2 Å². The maximum absolute atomic E-state index is 6.15. The standard InChI is InChI=1S/C22H19Br2NO/c1-2-3-6-15-9-11-16(12-10-15)25-18-7-4-5-8-19(18)26-20-14-13-17(23)21(24)22(20)25/h4-5,7-14H,2-3,6H2,1H3. The van der Waals surface area contributed by atoms with E-state index in [1.54, 1.807) is 0 Å². The molecule has 1 aliphatic rings. The predicted octanol–water partition coefficient (Wildman–Crippen LogP) is 8.13. The summed E-state index contributed by atoms with van der Waals surface area (Å²) in [5, 5.41) is 0. The lowest BCUT2D eigenvalue weighted by atomic mass is 10.1. The second-order valence-electron chi connectivity index (χ2n) is 6.38. The van der Waals surface area contributed by atoms with Crippen LogP contribution < -0.4 is 9.64 Å². The molecule has 0 N–H and O–H groups in total. The number of para-hydroxylation sites is 2. The SMILES string of the molecule is CCCCc1ccc(N2c3ccccc3Oc3ccc(Br)c(Br)c32)cc1. The molecular formula is C22H19Br2NO. The minimum absolute atomic E-state index is 0.842. The number of fused-ring (bicyclic) bond motifs is 2. The fraction of sp³-hybridized carbons (Fsp3) is 0.182. The van der Waals surface area contributed by atoms with Crippen molar-refractivity contribution in [1.29, 1.82) is 0 Å². The first kappa shape index (κ1) is 17.6. The van der Waals surface area contributed by atoms with Crippen LogP contribution in [0.5, 0.6) is 11.5 Å². The molecule has 4 rings (SSSR count). The number of aryl methyl sites for hydroxylation is 1. The lowest BCUT2D eigenvalue weighted by Gasteiger charge is -2.34. The van der Waals surface area contributed by atoms with E-state index in [9.17, 15) is 0 Å². The summed E-state index contributed by atoms with van der Waals surface area (Å²) >= 11 is 7.36. The molecule has 1 heterocycles. The second-order valence-corrected chi connectivity index (χ2v) is 8.03. The van der Waals surface area contributed by atoms with Gasteiger partial charge >= 0.3 is 0 Å². The van der Waals surface area contributed by atoms with Gasteiger partial charge in [-0.25, -0.2) is 0 Å². The van der Waals surface area contributed by atoms with Crippen LogP contribution in [-0.2, 0) is 6.42 Å². The molecule has 0 aromatic heterocycles. The number of ether oxygens (including phenoxy) is 1. The van der Waals surface area contributed by atoms with E-state index >= 15 is 0 Å². The van der Waals surface area contributed by atoms with Crippen molar-refractivity contribution < 1.29 is 4.74 Å². The van der Waals surface area contributed by atoms with Crippen LogP contribution >= 0.6 is 31.9 Å². The quantitative estimate of drug-likeness (QED) is 0.297. The number of halogens is 2. The molecule has 0 saturated heterocycles. The van der Waals surface area contributed by atoms with Crippen LogP contribution in [0, 0.1) is 0 Å². The number of benzene rings is 3. The monoisotopic (exact) mass is 471 g/mol. The molecule has 0 atom stereocenters. The molecule has 0 unspecified atom stereocenters. The molecule has 1 aliphatic heterocycles. The Labute approximate surface area is 171 Å². The van der Waals surface area contributed by atoms with E-state index in [4.69, 9.17) is 4.74 Å². The fourth-order valence-electron chi connectivity index (χ4n) is 3.24. The molecule has 0 aliphatic carbocycles. The summed E-state index contributed by atoms with van der Waals surface area (Å²) < 4.78 is 8.14. The van der Waals surface area contributed by atoms with Gasteiger partial charge in [0.25, 0.3) is 0 Å². The van der Waals surface area contributed by atoms with E-state index in [1.807, 2.05) is 30.3 Å². The van der Waals surface area contributed by atoms with Crippen molar-refractivity contribution in [2.75, 3.05) is 4.90 Å². The van der Waals surface area contributed by atoms with E-state index < -0.39 is 0 Å². The number of rotatable bonds is 4. The number of anilines is 3. The first-order valence-corrected chi connectivity index (χ1v) is 10.4. The highest BCUT2D eigenvalue weighted by molar-refractivity contribution is 9.13. The van der Waals surface area contributed by atoms with Crippen molar-refractivity contribution in [3.8, 4) is 11.5 Å². The molecule has 3 aromatic rings. The Balaban J connectivity index is 1.84. The normalized spacial score (nSPS) is 12.3. The van der Waals surface area contributed by atoms with Crippen LogP contribution in [0.2, 0.25) is 0 Å². The van der Waals surface area contributed by atoms with Crippen molar-refractivity contribution in [3.63, 3.8) is 0 Å². The first-order valence-electron chi connectivity index (χ1n) is 8.83. The van der Waals surface area contributed by atoms with Gasteiger partial charge in [0, 0.05) is 10.2 Å². The van der Waals surface area contributed by atoms with Gasteiger partial charge < -0.3 is 9.64 Å². The lowest BCUT2D eigenvalue weighted by Crippen LogP contribution is -2.16. The molecule has 0 bridgehead atoms. The van der Waals surface area contributed by atoms with Crippen molar-refractivity contribution in [3.05, 3.63) is 75.2 Å². The summed E-state index contributed by atoms with van der Waals surface area (Å²) in [6.07, 6.45) is 3.57. The van der Waals surface area contributed by atoms with Crippen molar-refractivity contribution >= 4 is 48.9 Å². The average molecular weight is 473 g/mol. The van der Waals surface area contributed by atoms with Gasteiger partial charge in [0.2, 0.25) is 0 Å². The van der Waals surface area contributed by atoms with Crippen LogP contribution in [0.4, 0.5) is 17.1 Å². The van der Waals surface area contributed by atoms with E-state index in [-0.39, 0.29) is 0 Å². The van der Waals surface area contributed by atoms with E-state index in [0.717, 1.165) is 43.9 Å². The largest absolute Gasteiger partial charge is 0.453 e. The Morgan fingerprint density at radius 3 is 2.42 bits per heavy atom. The zero-order valence-electron chi connectivity index (χ0n) is 14.5. The van der Waals surface area contributed by atoms with Crippen molar-refractivity contribution in [1.82, 2.24) is 0 Å². The maximum Gasteiger partial charge on any atom is 0.152 e. The molecular weight excluding hydrogens is 454 g/mol. The molecule has 0 saturated carbocycles. The molecule has 2 nitrogen and oxygen atoms in total. The van der Waals surface area contributed by atoms with Gasteiger partial charge in [-0.3, -0.25) is 0 Å². The van der Waals surface area contributed by atoms with Crippen LogP contribution in [0.25, 0.3) is 0 Å². The molecule has 4 heteroatoms. The van der Waals surface area contributed by atoms with E-state index in [0.29, 0.717) is 0 Å². The minimum atomic E-state index is 0.842. The summed E-state index contributed by atoms with van der Waals surface area (Å²) in [6, 6.07) is 21.0. The van der Waals surface area contributed by atoms with E-state index in [2.05, 4.69) is 74.0 Å². The highest BCUT2D eigenvalue weighted by Crippen LogP contribution is 2.54. The summed E-state index contributed by atoms with van der Waals surface area (Å²) in [7, 11) is 0. The third kappa shape index (κ3) is 3.17. The van der Waals surface area contributed by atoms with Gasteiger partial charge in [0.05, 0.1) is 10.2 Å². The molecule has 3 aromatic carbocycles. The van der Waals surface area contributed by atoms with Crippen LogP contribution in [0.3, 0.4) is 0 Å². The zero-order valence-corrected chi connectivity index (χ0v) is 17.7. The molecule has 0 amide bonds. The molecule has 26 heavy (non-hydrogen) atoms. The topological polar surface area (TPSA) is 12.5 Å². The Morgan fingerprint density at radius 1 is 0.885 bits per heavy atom. The Kier molecular flexibility index (Phi) is 5.05. The molecule has 0 fully saturated rings. The average Bonchev–Trinajstić information content (AvgIpc) is 2.68. The van der Waals surface area contributed by atoms with Gasteiger partial charge in [-0.05, 0) is 86.7 Å². The minimum Gasteiger partial charge on any atom is -0.453 e. The van der Waals surface area contributed by atoms with E-state index in [1.165, 1.54) is 18.4 Å². The van der Waals surface area contributed by atoms with Crippen LogP contribution in [0.1, 0.15) is 25.3 Å². The van der Waals surface area contributed by atoms with Crippen LogP contribution in [0.15, 0.2) is 69.6 Å². The zero-order chi connectivity index (χ0) is 18.1. The van der Waals surface area contributed by atoms with Gasteiger partial charge in [0.1, 0.15) is 5.69 Å². The maximum atomic E-state index is 6.15. The predicted molar refractivity (Wildman–Crippen MR) is 115 cm³/mol. The highest BCUT2D eigenvalue weighted by Gasteiger charge is 2.28. The number of unbranched alkanes of at least 4 members (excludes halogenated alkanes) is 1. The van der Waals surface area contributed by atoms with Crippen LogP contribution in [-0.4, -0.2) is 0 Å². The Hall–Kier alpha value is -1.78. The summed E-state index contributed by atoms with van der Waals surface area (Å²) in [5.74, 6) is 1.71. The highest BCUT2D eigenvalue weighted by atomic mass is 79.9. The lowest BCUT2D eigenvalue weighted by molar-refractivity contribution is 0.476. The van der Waals surface area contributed by atoms with Gasteiger partial charge in [-0.15, -0.1) is 0 Å². The Bertz CT molecular complexity index is 937. The van der Waals surface area contributed by atoms with Gasteiger partial charge in [0.15, 0.2) is 11.5 Å². The third-order valence-corrected chi connectivity index (χ3v) is 6.59. The summed E-state index contributed by atoms with van der Waals surface area (Å²) in [6.45, 7) is 2.23. The smallest absolute Gasteiger partial charge is 0.152 e. The third-order valence-electron chi connectivity index (χ3n) is 4.60. The molecule has 0 spiro atoms. The summed E-state index contributed by atoms with van der Waals surface area (Å²) in [4.78, 5) is 2.26. The molecule has 132 valence electrons. The second kappa shape index (κ2) is 7.45. The first-order chi connectivity index (χ1) is 12.7. The Morgan fingerprint density at radius 2 is 1.65 bits per heavy atom. The number of nitrogens with zero attached hydrogens (tertiary/aromatic N) is 1. The van der Waals surface area contributed by atoms with Gasteiger partial charge in [-0.1, -0.05) is 37.6 Å². The number of hydrogen-bond donors (Lipinski definition) is 0. The number of hydrogen-bond acceptors (Lipinski definition) is 2. The van der Waals surface area contributed by atoms with Gasteiger partial charge in [-0.2, -0.15) is 0 Å². The fourth-order valence-corrected chi connectivity index (χ4v) is 4.07. The summed E-state index contributed by atoms with van der Waals surface area (Å²) in [5.41, 5.74) is 4.56.